The van der Waals surface area contributed by atoms with Crippen LogP contribution in [0.2, 0.25) is 0 Å². The third-order valence-electron chi connectivity index (χ3n) is 8.69. The molecule has 1 aromatic heterocycles. The number of amides is 3. The Balaban J connectivity index is 1.11. The van der Waals surface area contributed by atoms with Gasteiger partial charge in [-0.15, -0.1) is 10.2 Å². The molecule has 2 unspecified atom stereocenters. The van der Waals surface area contributed by atoms with Crippen molar-refractivity contribution in [3.05, 3.63) is 52.7 Å². The number of piperidine rings is 1. The van der Waals surface area contributed by atoms with Crippen LogP contribution in [-0.2, 0) is 32.3 Å². The Morgan fingerprint density at radius 1 is 1.09 bits per heavy atom. The summed E-state index contributed by atoms with van der Waals surface area (Å²) in [6.07, 6.45) is -9.92. The van der Waals surface area contributed by atoms with Crippen molar-refractivity contribution >= 4 is 29.5 Å². The minimum absolute atomic E-state index is 0.127. The molecule has 0 saturated carbocycles. The van der Waals surface area contributed by atoms with Gasteiger partial charge in [-0.3, -0.25) is 19.7 Å². The molecule has 4 aliphatic heterocycles. The normalized spacial score (nSPS) is 21.9. The van der Waals surface area contributed by atoms with Gasteiger partial charge in [0.1, 0.15) is 12.1 Å². The van der Waals surface area contributed by atoms with Gasteiger partial charge in [-0.1, -0.05) is 12.1 Å². The SMILES string of the molecule is O=C1CCC(N2Cc3cc(CNC(c4ccc(N5CCC6(CNC6)C5)nn4)C(F)(F)F)ccc3C2=O)C(=O)N1OC(=O)C(F)(F)F. The summed E-state index contributed by atoms with van der Waals surface area (Å²) in [5.74, 6) is -5.44. The van der Waals surface area contributed by atoms with E-state index in [0.29, 0.717) is 16.9 Å². The molecule has 2 aromatic rings. The largest absolute Gasteiger partial charge is 0.493 e. The number of nitrogens with one attached hydrogen (secondary N) is 2. The number of hydrogen-bond acceptors (Lipinski definition) is 10. The van der Waals surface area contributed by atoms with Gasteiger partial charge < -0.3 is 20.0 Å². The Labute approximate surface area is 257 Å². The zero-order chi connectivity index (χ0) is 33.0. The first-order valence-corrected chi connectivity index (χ1v) is 14.3. The first kappa shape index (κ1) is 31.7. The fourth-order valence-corrected chi connectivity index (χ4v) is 6.19. The molecule has 6 rings (SSSR count). The van der Waals surface area contributed by atoms with Crippen LogP contribution >= 0.6 is 0 Å². The minimum atomic E-state index is -5.47. The minimum Gasteiger partial charge on any atom is -0.354 e. The maximum Gasteiger partial charge on any atom is 0.493 e. The van der Waals surface area contributed by atoms with E-state index in [2.05, 4.69) is 25.7 Å². The first-order chi connectivity index (χ1) is 21.6. The van der Waals surface area contributed by atoms with Gasteiger partial charge in [0.05, 0.1) is 5.69 Å². The van der Waals surface area contributed by atoms with Crippen molar-refractivity contribution in [1.29, 1.82) is 0 Å². The average Bonchev–Trinajstić information content (AvgIpc) is 3.57. The van der Waals surface area contributed by atoms with E-state index in [9.17, 15) is 45.5 Å². The molecule has 1 spiro atoms. The number of carbonyl (C=O) groups is 4. The molecule has 3 fully saturated rings. The highest BCUT2D eigenvalue weighted by Crippen LogP contribution is 2.37. The van der Waals surface area contributed by atoms with Crippen LogP contribution in [0.5, 0.6) is 0 Å². The molecule has 246 valence electrons. The zero-order valence-electron chi connectivity index (χ0n) is 24.0. The van der Waals surface area contributed by atoms with E-state index >= 15 is 0 Å². The van der Waals surface area contributed by atoms with Crippen LogP contribution in [0, 0.1) is 5.41 Å². The highest BCUT2D eigenvalue weighted by Gasteiger charge is 2.49. The van der Waals surface area contributed by atoms with E-state index in [4.69, 9.17) is 0 Å². The Kier molecular flexibility index (Phi) is 7.90. The van der Waals surface area contributed by atoms with Crippen molar-refractivity contribution in [2.24, 2.45) is 5.41 Å². The van der Waals surface area contributed by atoms with Crippen LogP contribution in [-0.4, -0.2) is 88.4 Å². The molecular weight excluding hydrogens is 628 g/mol. The van der Waals surface area contributed by atoms with Crippen molar-refractivity contribution in [2.45, 2.75) is 56.8 Å². The fraction of sp³-hybridized carbons (Fsp3) is 0.500. The number of rotatable bonds is 7. The average molecular weight is 656 g/mol. The molecule has 3 amide bonds. The lowest BCUT2D eigenvalue weighted by Gasteiger charge is -2.39. The van der Waals surface area contributed by atoms with Gasteiger partial charge in [0, 0.05) is 56.7 Å². The van der Waals surface area contributed by atoms with Gasteiger partial charge in [0.25, 0.3) is 17.7 Å². The Morgan fingerprint density at radius 3 is 2.46 bits per heavy atom. The van der Waals surface area contributed by atoms with Gasteiger partial charge in [0.2, 0.25) is 0 Å². The predicted octanol–water partition coefficient (Wildman–Crippen LogP) is 2.16. The van der Waals surface area contributed by atoms with Crippen LogP contribution in [0.15, 0.2) is 30.3 Å². The smallest absolute Gasteiger partial charge is 0.354 e. The lowest BCUT2D eigenvalue weighted by molar-refractivity contribution is -0.238. The number of fused-ring (bicyclic) bond motifs is 1. The summed E-state index contributed by atoms with van der Waals surface area (Å²) in [7, 11) is 0. The number of aromatic nitrogens is 2. The van der Waals surface area contributed by atoms with Gasteiger partial charge in [-0.25, -0.2) is 4.79 Å². The predicted molar refractivity (Wildman–Crippen MR) is 143 cm³/mol. The molecule has 1 aromatic carbocycles. The number of anilines is 1. The van der Waals surface area contributed by atoms with Crippen molar-refractivity contribution in [1.82, 2.24) is 30.8 Å². The number of hydroxylamine groups is 2. The van der Waals surface area contributed by atoms with E-state index in [1.165, 1.54) is 30.3 Å². The van der Waals surface area contributed by atoms with Crippen LogP contribution in [0.25, 0.3) is 0 Å². The van der Waals surface area contributed by atoms with Crippen LogP contribution in [0.3, 0.4) is 0 Å². The number of alkyl halides is 6. The highest BCUT2D eigenvalue weighted by molar-refractivity contribution is 6.05. The topological polar surface area (TPSA) is 137 Å². The summed E-state index contributed by atoms with van der Waals surface area (Å²) in [4.78, 5) is 56.2. The van der Waals surface area contributed by atoms with E-state index in [1.807, 2.05) is 4.90 Å². The van der Waals surface area contributed by atoms with Crippen molar-refractivity contribution in [3.63, 3.8) is 0 Å². The number of halogens is 6. The molecule has 5 heterocycles. The second-order valence-electron chi connectivity index (χ2n) is 11.8. The molecule has 4 aliphatic rings. The van der Waals surface area contributed by atoms with Gasteiger partial charge in [0.15, 0.2) is 5.82 Å². The standard InChI is InChI=1S/C28H27F6N7O5/c29-27(30,31)22(18-3-5-20(38-37-18)39-8-7-26(14-39)12-35-13-26)36-10-15-1-2-17-16(9-15)11-40(23(17)43)19-4-6-21(42)41(24(19)44)46-25(45)28(32,33)34/h1-3,5,9,19,22,35-36H,4,6-8,10-14H2. The van der Waals surface area contributed by atoms with E-state index in [-0.39, 0.29) is 41.2 Å². The van der Waals surface area contributed by atoms with Gasteiger partial charge in [-0.2, -0.15) is 31.4 Å². The maximum atomic E-state index is 14.1. The molecule has 12 nitrogen and oxygen atoms in total. The van der Waals surface area contributed by atoms with Crippen molar-refractivity contribution < 1.29 is 50.4 Å². The van der Waals surface area contributed by atoms with Gasteiger partial charge >= 0.3 is 18.3 Å². The Bertz CT molecular complexity index is 1560. The molecule has 0 bridgehead atoms. The lowest BCUT2D eigenvalue weighted by Crippen LogP contribution is -2.55. The Hall–Kier alpha value is -4.32. The highest BCUT2D eigenvalue weighted by atomic mass is 19.4. The van der Waals surface area contributed by atoms with E-state index in [0.717, 1.165) is 37.5 Å². The molecule has 2 N–H and O–H groups in total. The number of carbonyl (C=O) groups excluding carboxylic acids is 4. The molecule has 3 saturated heterocycles. The third kappa shape index (κ3) is 5.97. The summed E-state index contributed by atoms with van der Waals surface area (Å²) in [6.45, 7) is 2.79. The van der Waals surface area contributed by atoms with Crippen molar-refractivity contribution in [3.8, 4) is 0 Å². The van der Waals surface area contributed by atoms with Crippen LogP contribution in [0.1, 0.15) is 52.5 Å². The van der Waals surface area contributed by atoms with E-state index < -0.39 is 54.5 Å². The number of hydrogen-bond donors (Lipinski definition) is 2. The molecule has 46 heavy (non-hydrogen) atoms. The van der Waals surface area contributed by atoms with Crippen LogP contribution < -0.4 is 15.5 Å². The first-order valence-electron chi connectivity index (χ1n) is 14.3. The molecule has 0 aliphatic carbocycles. The number of benzene rings is 1. The van der Waals surface area contributed by atoms with E-state index in [1.54, 1.807) is 0 Å². The van der Waals surface area contributed by atoms with Gasteiger partial charge in [-0.05, 0) is 42.2 Å². The second-order valence-corrected chi connectivity index (χ2v) is 11.8. The van der Waals surface area contributed by atoms with Crippen LogP contribution in [0.4, 0.5) is 32.2 Å². The molecule has 18 heteroatoms. The summed E-state index contributed by atoms with van der Waals surface area (Å²) in [5.41, 5.74) is 0.701. The molecule has 2 atom stereocenters. The zero-order valence-corrected chi connectivity index (χ0v) is 24.0. The summed E-state index contributed by atoms with van der Waals surface area (Å²) in [5, 5.41) is 13.4. The quantitative estimate of drug-likeness (QED) is 0.338. The third-order valence-corrected chi connectivity index (χ3v) is 8.69. The maximum absolute atomic E-state index is 14.1. The second kappa shape index (κ2) is 11.5. The Morgan fingerprint density at radius 2 is 1.85 bits per heavy atom. The molecule has 0 radical (unpaired) electrons. The molecular formula is C28H27F6N7O5. The fourth-order valence-electron chi connectivity index (χ4n) is 6.19. The summed E-state index contributed by atoms with van der Waals surface area (Å²) >= 11 is 0. The lowest BCUT2D eigenvalue weighted by atomic mass is 9.81. The number of imide groups is 1. The summed E-state index contributed by atoms with van der Waals surface area (Å²) in [6, 6.07) is 3.52. The summed E-state index contributed by atoms with van der Waals surface area (Å²) < 4.78 is 80.2. The monoisotopic (exact) mass is 655 g/mol. The van der Waals surface area contributed by atoms with Crippen molar-refractivity contribution in [2.75, 3.05) is 31.1 Å². The number of nitrogens with zero attached hydrogens (tertiary/aromatic N) is 5.